The molecular formula is C18H16N4O3. The van der Waals surface area contributed by atoms with Gasteiger partial charge in [-0.1, -0.05) is 23.4 Å². The molecule has 0 saturated carbocycles. The molecule has 1 aliphatic rings. The zero-order valence-corrected chi connectivity index (χ0v) is 13.6. The van der Waals surface area contributed by atoms with Crippen LogP contribution in [0.5, 0.6) is 0 Å². The van der Waals surface area contributed by atoms with E-state index >= 15 is 0 Å². The Morgan fingerprint density at radius 3 is 2.80 bits per heavy atom. The van der Waals surface area contributed by atoms with Crippen molar-refractivity contribution in [3.8, 4) is 11.4 Å². The maximum absolute atomic E-state index is 12.9. The maximum Gasteiger partial charge on any atom is 0.442 e. The standard InChI is InChI=1S/C18H16N4O3/c1-12-10-14-4-2-3-5-15(14)22(12)16(23)11-21-17(20-25-18(21)24)13-6-8-19-9-7-13/h2-9,12H,10-11H2,1H3. The lowest BCUT2D eigenvalue weighted by Gasteiger charge is -2.22. The van der Waals surface area contributed by atoms with Crippen molar-refractivity contribution in [2.75, 3.05) is 4.90 Å². The lowest BCUT2D eigenvalue weighted by Crippen LogP contribution is -2.39. The summed E-state index contributed by atoms with van der Waals surface area (Å²) in [7, 11) is 0. The van der Waals surface area contributed by atoms with Gasteiger partial charge in [-0.15, -0.1) is 0 Å². The van der Waals surface area contributed by atoms with Crippen LogP contribution in [0, 0.1) is 0 Å². The monoisotopic (exact) mass is 336 g/mol. The van der Waals surface area contributed by atoms with Gasteiger partial charge in [0.15, 0.2) is 5.82 Å². The van der Waals surface area contributed by atoms with Crippen molar-refractivity contribution in [2.45, 2.75) is 25.9 Å². The number of amides is 1. The number of hydrogen-bond acceptors (Lipinski definition) is 5. The number of aromatic nitrogens is 3. The quantitative estimate of drug-likeness (QED) is 0.729. The molecule has 3 aromatic rings. The van der Waals surface area contributed by atoms with E-state index in [1.807, 2.05) is 31.2 Å². The number of para-hydroxylation sites is 1. The lowest BCUT2D eigenvalue weighted by molar-refractivity contribution is -0.119. The Labute approximate surface area is 143 Å². The molecule has 4 rings (SSSR count). The van der Waals surface area contributed by atoms with Gasteiger partial charge in [-0.2, -0.15) is 0 Å². The molecule has 0 fully saturated rings. The Kier molecular flexibility index (Phi) is 3.68. The number of fused-ring (bicyclic) bond motifs is 1. The molecule has 126 valence electrons. The first-order valence-electron chi connectivity index (χ1n) is 8.02. The van der Waals surface area contributed by atoms with Gasteiger partial charge in [-0.05, 0) is 37.1 Å². The van der Waals surface area contributed by atoms with Gasteiger partial charge in [0.2, 0.25) is 5.91 Å². The number of nitrogens with zero attached hydrogens (tertiary/aromatic N) is 4. The van der Waals surface area contributed by atoms with E-state index in [0.717, 1.165) is 17.7 Å². The van der Waals surface area contributed by atoms with Crippen LogP contribution in [0.25, 0.3) is 11.4 Å². The van der Waals surface area contributed by atoms with E-state index in [-0.39, 0.29) is 18.5 Å². The second-order valence-electron chi connectivity index (χ2n) is 6.04. The summed E-state index contributed by atoms with van der Waals surface area (Å²) in [6.07, 6.45) is 4.00. The van der Waals surface area contributed by atoms with E-state index in [2.05, 4.69) is 10.1 Å². The Hall–Kier alpha value is -3.22. The smallest absolute Gasteiger partial charge is 0.307 e. The summed E-state index contributed by atoms with van der Waals surface area (Å²) in [5.41, 5.74) is 2.70. The largest absolute Gasteiger partial charge is 0.442 e. The normalized spacial score (nSPS) is 16.0. The fraction of sp³-hybridized carbons (Fsp3) is 0.222. The molecule has 0 radical (unpaired) electrons. The Balaban J connectivity index is 1.67. The number of carbonyl (C=O) groups excluding carboxylic acids is 1. The highest BCUT2D eigenvalue weighted by Crippen LogP contribution is 2.32. The second kappa shape index (κ2) is 6.01. The second-order valence-corrected chi connectivity index (χ2v) is 6.04. The van der Waals surface area contributed by atoms with Gasteiger partial charge < -0.3 is 4.90 Å². The number of hydrogen-bond donors (Lipinski definition) is 0. The summed E-state index contributed by atoms with van der Waals surface area (Å²) in [4.78, 5) is 30.6. The van der Waals surface area contributed by atoms with Crippen molar-refractivity contribution in [1.82, 2.24) is 14.7 Å². The summed E-state index contributed by atoms with van der Waals surface area (Å²) in [6, 6.07) is 11.3. The minimum atomic E-state index is -0.653. The van der Waals surface area contributed by atoms with Crippen molar-refractivity contribution in [3.05, 3.63) is 64.9 Å². The predicted octanol–water partition coefficient (Wildman–Crippen LogP) is 1.88. The Bertz CT molecular complexity index is 977. The first kappa shape index (κ1) is 15.3. The molecule has 7 nitrogen and oxygen atoms in total. The first-order chi connectivity index (χ1) is 12.1. The molecule has 0 spiro atoms. The molecule has 2 aromatic heterocycles. The van der Waals surface area contributed by atoms with Crippen LogP contribution in [0.3, 0.4) is 0 Å². The molecular weight excluding hydrogens is 320 g/mol. The van der Waals surface area contributed by atoms with Crippen LogP contribution >= 0.6 is 0 Å². The van der Waals surface area contributed by atoms with Crippen molar-refractivity contribution in [1.29, 1.82) is 0 Å². The van der Waals surface area contributed by atoms with Gasteiger partial charge in [0, 0.05) is 29.7 Å². The molecule has 1 aromatic carbocycles. The van der Waals surface area contributed by atoms with Crippen molar-refractivity contribution in [2.24, 2.45) is 0 Å². The zero-order chi connectivity index (χ0) is 17.4. The number of carbonyl (C=O) groups is 1. The summed E-state index contributed by atoms with van der Waals surface area (Å²) in [5, 5.41) is 3.81. The van der Waals surface area contributed by atoms with Gasteiger partial charge >= 0.3 is 5.76 Å². The van der Waals surface area contributed by atoms with Crippen LogP contribution in [0.4, 0.5) is 5.69 Å². The average molecular weight is 336 g/mol. The highest BCUT2D eigenvalue weighted by Gasteiger charge is 2.31. The molecule has 1 amide bonds. The predicted molar refractivity (Wildman–Crippen MR) is 91.1 cm³/mol. The Morgan fingerprint density at radius 1 is 1.24 bits per heavy atom. The lowest BCUT2D eigenvalue weighted by atomic mass is 10.1. The molecule has 0 bridgehead atoms. The van der Waals surface area contributed by atoms with Crippen LogP contribution in [0.15, 0.2) is 58.1 Å². The molecule has 3 heterocycles. The molecule has 0 saturated heterocycles. The molecule has 1 aliphatic heterocycles. The fourth-order valence-corrected chi connectivity index (χ4v) is 3.27. The van der Waals surface area contributed by atoms with Gasteiger partial charge in [0.05, 0.1) is 0 Å². The van der Waals surface area contributed by atoms with E-state index in [9.17, 15) is 9.59 Å². The minimum Gasteiger partial charge on any atom is -0.307 e. The fourth-order valence-electron chi connectivity index (χ4n) is 3.27. The number of pyridine rings is 1. The third-order valence-corrected chi connectivity index (χ3v) is 4.39. The van der Waals surface area contributed by atoms with Gasteiger partial charge in [0.1, 0.15) is 6.54 Å². The number of benzene rings is 1. The van der Waals surface area contributed by atoms with Crippen LogP contribution in [-0.2, 0) is 17.8 Å². The first-order valence-corrected chi connectivity index (χ1v) is 8.02. The van der Waals surface area contributed by atoms with Gasteiger partial charge in [-0.25, -0.2) is 9.36 Å². The van der Waals surface area contributed by atoms with E-state index in [1.165, 1.54) is 4.57 Å². The van der Waals surface area contributed by atoms with Crippen LogP contribution < -0.4 is 10.7 Å². The maximum atomic E-state index is 12.9. The highest BCUT2D eigenvalue weighted by atomic mass is 16.5. The molecule has 25 heavy (non-hydrogen) atoms. The molecule has 1 unspecified atom stereocenters. The minimum absolute atomic E-state index is 0.0461. The van der Waals surface area contributed by atoms with Crippen molar-refractivity contribution >= 4 is 11.6 Å². The molecule has 0 N–H and O–H groups in total. The summed E-state index contributed by atoms with van der Waals surface area (Å²) >= 11 is 0. The Morgan fingerprint density at radius 2 is 2.00 bits per heavy atom. The van der Waals surface area contributed by atoms with E-state index < -0.39 is 5.76 Å². The number of rotatable bonds is 3. The topological polar surface area (TPSA) is 81.2 Å². The summed E-state index contributed by atoms with van der Waals surface area (Å²) in [5.74, 6) is -0.501. The van der Waals surface area contributed by atoms with Gasteiger partial charge in [-0.3, -0.25) is 14.3 Å². The average Bonchev–Trinajstić information content (AvgIpc) is 3.15. The molecule has 1 atom stereocenters. The summed E-state index contributed by atoms with van der Waals surface area (Å²) < 4.78 is 6.03. The SMILES string of the molecule is CC1Cc2ccccc2N1C(=O)Cn1c(-c2ccncc2)noc1=O. The summed E-state index contributed by atoms with van der Waals surface area (Å²) in [6.45, 7) is 1.87. The van der Waals surface area contributed by atoms with E-state index in [4.69, 9.17) is 4.52 Å². The third kappa shape index (κ3) is 2.63. The number of anilines is 1. The molecule has 7 heteroatoms. The zero-order valence-electron chi connectivity index (χ0n) is 13.6. The van der Waals surface area contributed by atoms with Crippen molar-refractivity contribution in [3.63, 3.8) is 0 Å². The highest BCUT2D eigenvalue weighted by molar-refractivity contribution is 5.96. The molecule has 0 aliphatic carbocycles. The third-order valence-electron chi connectivity index (χ3n) is 4.39. The van der Waals surface area contributed by atoms with Crippen LogP contribution in [0.2, 0.25) is 0 Å². The van der Waals surface area contributed by atoms with Crippen molar-refractivity contribution < 1.29 is 9.32 Å². The van der Waals surface area contributed by atoms with Gasteiger partial charge in [0.25, 0.3) is 0 Å². The van der Waals surface area contributed by atoms with E-state index in [1.54, 1.807) is 29.4 Å². The van der Waals surface area contributed by atoms with E-state index in [0.29, 0.717) is 11.4 Å². The van der Waals surface area contributed by atoms with Crippen LogP contribution in [-0.4, -0.2) is 26.7 Å². The van der Waals surface area contributed by atoms with Crippen LogP contribution in [0.1, 0.15) is 12.5 Å².